The molecule has 98 valence electrons. The van der Waals surface area contributed by atoms with Gasteiger partial charge in [0.2, 0.25) is 5.91 Å². The third kappa shape index (κ3) is 1.92. The molecule has 0 bridgehead atoms. The van der Waals surface area contributed by atoms with E-state index in [0.717, 1.165) is 19.3 Å². The van der Waals surface area contributed by atoms with E-state index in [9.17, 15) is 4.79 Å². The minimum atomic E-state index is 0.258. The maximum atomic E-state index is 12.6. The molecule has 0 aromatic heterocycles. The molecule has 1 spiro atoms. The van der Waals surface area contributed by atoms with Crippen molar-refractivity contribution in [1.29, 1.82) is 5.26 Å². The molecule has 3 aliphatic carbocycles. The SMILES string of the molecule is N#CCN(C(=O)C1CC12CCCC2)C1CCCC1. The molecule has 0 N–H and O–H groups in total. The second-order valence-electron chi connectivity index (χ2n) is 6.39. The van der Waals surface area contributed by atoms with E-state index in [1.54, 1.807) is 0 Å². The molecule has 0 aliphatic heterocycles. The van der Waals surface area contributed by atoms with E-state index in [4.69, 9.17) is 5.26 Å². The van der Waals surface area contributed by atoms with E-state index >= 15 is 0 Å². The lowest BCUT2D eigenvalue weighted by Gasteiger charge is -2.27. The zero-order valence-corrected chi connectivity index (χ0v) is 11.0. The van der Waals surface area contributed by atoms with Gasteiger partial charge in [-0.05, 0) is 37.5 Å². The molecule has 3 nitrogen and oxygen atoms in total. The summed E-state index contributed by atoms with van der Waals surface area (Å²) in [6.07, 6.45) is 10.8. The molecule has 0 aromatic rings. The number of amides is 1. The first-order chi connectivity index (χ1) is 8.77. The Morgan fingerprint density at radius 3 is 2.50 bits per heavy atom. The van der Waals surface area contributed by atoms with Crippen molar-refractivity contribution < 1.29 is 4.79 Å². The third-order valence-electron chi connectivity index (χ3n) is 5.38. The smallest absolute Gasteiger partial charge is 0.227 e. The molecule has 3 heteroatoms. The fourth-order valence-corrected chi connectivity index (χ4v) is 4.21. The van der Waals surface area contributed by atoms with E-state index in [1.807, 2.05) is 4.90 Å². The first-order valence-electron chi connectivity index (χ1n) is 7.44. The van der Waals surface area contributed by atoms with Crippen LogP contribution in [0.4, 0.5) is 0 Å². The van der Waals surface area contributed by atoms with Gasteiger partial charge in [-0.25, -0.2) is 0 Å². The van der Waals surface area contributed by atoms with Crippen LogP contribution < -0.4 is 0 Å². The summed E-state index contributed by atoms with van der Waals surface area (Å²) in [5, 5.41) is 8.96. The van der Waals surface area contributed by atoms with Crippen molar-refractivity contribution in [3.05, 3.63) is 0 Å². The van der Waals surface area contributed by atoms with Gasteiger partial charge in [0.05, 0.1) is 6.07 Å². The van der Waals surface area contributed by atoms with Gasteiger partial charge >= 0.3 is 0 Å². The third-order valence-corrected chi connectivity index (χ3v) is 5.38. The normalized spacial score (nSPS) is 29.4. The van der Waals surface area contributed by atoms with Gasteiger partial charge in [0.25, 0.3) is 0 Å². The molecule has 3 saturated carbocycles. The molecule has 1 atom stereocenters. The van der Waals surface area contributed by atoms with Crippen LogP contribution in [-0.4, -0.2) is 23.4 Å². The highest BCUT2D eigenvalue weighted by Crippen LogP contribution is 2.63. The van der Waals surface area contributed by atoms with Crippen molar-refractivity contribution in [2.45, 2.75) is 63.8 Å². The van der Waals surface area contributed by atoms with Crippen molar-refractivity contribution in [2.75, 3.05) is 6.54 Å². The summed E-state index contributed by atoms with van der Waals surface area (Å²) in [6.45, 7) is 0.302. The van der Waals surface area contributed by atoms with E-state index in [1.165, 1.54) is 38.5 Å². The van der Waals surface area contributed by atoms with Gasteiger partial charge in [0, 0.05) is 12.0 Å². The Kier molecular flexibility index (Phi) is 3.05. The van der Waals surface area contributed by atoms with Gasteiger partial charge in [0.1, 0.15) is 6.54 Å². The lowest BCUT2D eigenvalue weighted by atomic mass is 10.0. The predicted molar refractivity (Wildman–Crippen MR) is 68.6 cm³/mol. The van der Waals surface area contributed by atoms with Crippen molar-refractivity contribution in [2.24, 2.45) is 11.3 Å². The van der Waals surface area contributed by atoms with Crippen LogP contribution in [0, 0.1) is 22.7 Å². The predicted octanol–water partition coefficient (Wildman–Crippen LogP) is 2.86. The average Bonchev–Trinajstić information content (AvgIpc) is 2.77. The lowest BCUT2D eigenvalue weighted by molar-refractivity contribution is -0.135. The molecule has 3 fully saturated rings. The highest BCUT2D eigenvalue weighted by molar-refractivity contribution is 5.83. The van der Waals surface area contributed by atoms with Crippen molar-refractivity contribution in [3.63, 3.8) is 0 Å². The molecule has 1 amide bonds. The standard InChI is InChI=1S/C15H22N2O/c16-9-10-17(12-5-1-2-6-12)14(18)13-11-15(13)7-3-4-8-15/h12-13H,1-8,10-11H2. The van der Waals surface area contributed by atoms with Gasteiger partial charge in [0.15, 0.2) is 0 Å². The molecule has 1 unspecified atom stereocenters. The van der Waals surface area contributed by atoms with Crippen molar-refractivity contribution >= 4 is 5.91 Å². The molecule has 0 saturated heterocycles. The molecule has 18 heavy (non-hydrogen) atoms. The fourth-order valence-electron chi connectivity index (χ4n) is 4.21. The van der Waals surface area contributed by atoms with E-state index in [2.05, 4.69) is 6.07 Å². The first-order valence-corrected chi connectivity index (χ1v) is 7.44. The molecule has 3 aliphatic rings. The number of nitrogens with zero attached hydrogens (tertiary/aromatic N) is 2. The average molecular weight is 246 g/mol. The van der Waals surface area contributed by atoms with Crippen LogP contribution in [0.25, 0.3) is 0 Å². The van der Waals surface area contributed by atoms with Crippen molar-refractivity contribution in [1.82, 2.24) is 4.90 Å². The second-order valence-corrected chi connectivity index (χ2v) is 6.39. The number of hydrogen-bond donors (Lipinski definition) is 0. The van der Waals surface area contributed by atoms with Crippen LogP contribution in [0.15, 0.2) is 0 Å². The number of hydrogen-bond acceptors (Lipinski definition) is 2. The Hall–Kier alpha value is -1.04. The maximum absolute atomic E-state index is 12.6. The van der Waals surface area contributed by atoms with Crippen molar-refractivity contribution in [3.8, 4) is 6.07 Å². The summed E-state index contributed by atoms with van der Waals surface area (Å²) in [4.78, 5) is 14.5. The van der Waals surface area contributed by atoms with Crippen LogP contribution in [0.1, 0.15) is 57.8 Å². The number of carbonyl (C=O) groups is 1. The highest BCUT2D eigenvalue weighted by Gasteiger charge is 2.59. The Morgan fingerprint density at radius 2 is 1.89 bits per heavy atom. The zero-order valence-electron chi connectivity index (χ0n) is 11.0. The quantitative estimate of drug-likeness (QED) is 0.719. The minimum absolute atomic E-state index is 0.258. The summed E-state index contributed by atoms with van der Waals surface area (Å²) in [5.74, 6) is 0.555. The van der Waals surface area contributed by atoms with Gasteiger partial charge in [-0.15, -0.1) is 0 Å². The number of rotatable bonds is 3. The van der Waals surface area contributed by atoms with Crippen LogP contribution in [0.2, 0.25) is 0 Å². The van der Waals surface area contributed by atoms with Crippen LogP contribution in [0.3, 0.4) is 0 Å². The molecular weight excluding hydrogens is 224 g/mol. The monoisotopic (exact) mass is 246 g/mol. The lowest BCUT2D eigenvalue weighted by Crippen LogP contribution is -2.40. The summed E-state index contributed by atoms with van der Waals surface area (Å²) >= 11 is 0. The van der Waals surface area contributed by atoms with Gasteiger partial charge in [-0.3, -0.25) is 4.79 Å². The Morgan fingerprint density at radius 1 is 1.22 bits per heavy atom. The number of nitriles is 1. The molecule has 0 radical (unpaired) electrons. The maximum Gasteiger partial charge on any atom is 0.227 e. The highest BCUT2D eigenvalue weighted by atomic mass is 16.2. The second kappa shape index (κ2) is 4.57. The van der Waals surface area contributed by atoms with E-state index in [0.29, 0.717) is 23.9 Å². The van der Waals surface area contributed by atoms with Crippen LogP contribution >= 0.6 is 0 Å². The van der Waals surface area contributed by atoms with Gasteiger partial charge in [-0.2, -0.15) is 5.26 Å². The topological polar surface area (TPSA) is 44.1 Å². The molecule has 3 rings (SSSR count). The molecule has 0 aromatic carbocycles. The fraction of sp³-hybridized carbons (Fsp3) is 0.867. The Bertz CT molecular complexity index is 372. The largest absolute Gasteiger partial charge is 0.326 e. The Labute approximate surface area is 109 Å². The van der Waals surface area contributed by atoms with Crippen LogP contribution in [0.5, 0.6) is 0 Å². The minimum Gasteiger partial charge on any atom is -0.326 e. The van der Waals surface area contributed by atoms with Gasteiger partial charge < -0.3 is 4.90 Å². The Balaban J connectivity index is 1.67. The summed E-state index contributed by atoms with van der Waals surface area (Å²) < 4.78 is 0. The molecular formula is C15H22N2O. The van der Waals surface area contributed by atoms with Crippen LogP contribution in [-0.2, 0) is 4.79 Å². The summed E-state index contributed by atoms with van der Waals surface area (Å²) in [5.41, 5.74) is 0.364. The molecule has 0 heterocycles. The summed E-state index contributed by atoms with van der Waals surface area (Å²) in [7, 11) is 0. The van der Waals surface area contributed by atoms with E-state index < -0.39 is 0 Å². The first kappa shape index (κ1) is 12.0. The van der Waals surface area contributed by atoms with E-state index in [-0.39, 0.29) is 5.92 Å². The number of carbonyl (C=O) groups excluding carboxylic acids is 1. The zero-order chi connectivity index (χ0) is 12.6. The van der Waals surface area contributed by atoms with Gasteiger partial charge in [-0.1, -0.05) is 25.7 Å². The summed E-state index contributed by atoms with van der Waals surface area (Å²) in [6, 6.07) is 2.55.